The predicted molar refractivity (Wildman–Crippen MR) is 81.4 cm³/mol. The van der Waals surface area contributed by atoms with Gasteiger partial charge < -0.3 is 19.5 Å². The van der Waals surface area contributed by atoms with Crippen molar-refractivity contribution in [1.82, 2.24) is 19.8 Å². The third-order valence-corrected chi connectivity index (χ3v) is 3.68. The highest BCUT2D eigenvalue weighted by Crippen LogP contribution is 2.13. The summed E-state index contributed by atoms with van der Waals surface area (Å²) >= 11 is 0. The molecule has 1 aromatic rings. The lowest BCUT2D eigenvalue weighted by Crippen LogP contribution is -2.50. The number of aryl methyl sites for hydroxylation is 1. The van der Waals surface area contributed by atoms with Crippen LogP contribution in [0.4, 0.5) is 5.95 Å². The highest BCUT2D eigenvalue weighted by molar-refractivity contribution is 5.78. The summed E-state index contributed by atoms with van der Waals surface area (Å²) in [4.78, 5) is 20.6. The van der Waals surface area contributed by atoms with E-state index in [1.54, 1.807) is 7.11 Å². The van der Waals surface area contributed by atoms with E-state index in [1.807, 2.05) is 12.4 Å². The second-order valence-corrected chi connectivity index (χ2v) is 5.12. The number of nitrogens with zero attached hydrogens (tertiary/aromatic N) is 4. The lowest BCUT2D eigenvalue weighted by molar-refractivity contribution is -0.122. The predicted octanol–water partition coefficient (Wildman–Crippen LogP) is -0.212. The molecule has 2 rings (SSSR count). The second-order valence-electron chi connectivity index (χ2n) is 5.12. The van der Waals surface area contributed by atoms with Crippen LogP contribution in [0, 0.1) is 0 Å². The molecule has 1 saturated heterocycles. The number of amides is 1. The maximum absolute atomic E-state index is 11.8. The monoisotopic (exact) mass is 295 g/mol. The molecular formula is C14H25N5O2. The molecular weight excluding hydrogens is 270 g/mol. The van der Waals surface area contributed by atoms with Gasteiger partial charge in [0.1, 0.15) is 0 Å². The quantitative estimate of drug-likeness (QED) is 0.705. The van der Waals surface area contributed by atoms with E-state index in [9.17, 15) is 4.79 Å². The van der Waals surface area contributed by atoms with Gasteiger partial charge in [-0.3, -0.25) is 9.69 Å². The summed E-state index contributed by atoms with van der Waals surface area (Å²) in [6.45, 7) is 8.21. The molecule has 0 bridgehead atoms. The lowest BCUT2D eigenvalue weighted by Gasteiger charge is -2.35. The fourth-order valence-electron chi connectivity index (χ4n) is 2.49. The van der Waals surface area contributed by atoms with Crippen LogP contribution < -0.4 is 10.2 Å². The molecule has 21 heavy (non-hydrogen) atoms. The largest absolute Gasteiger partial charge is 0.383 e. The van der Waals surface area contributed by atoms with Gasteiger partial charge in [-0.1, -0.05) is 0 Å². The van der Waals surface area contributed by atoms with Crippen molar-refractivity contribution in [3.8, 4) is 0 Å². The van der Waals surface area contributed by atoms with Crippen LogP contribution in [0.15, 0.2) is 12.4 Å². The van der Waals surface area contributed by atoms with Crippen molar-refractivity contribution in [3.05, 3.63) is 12.4 Å². The highest BCUT2D eigenvalue weighted by atomic mass is 16.5. The molecule has 1 aliphatic rings. The number of hydrogen-bond acceptors (Lipinski definition) is 5. The number of hydrogen-bond donors (Lipinski definition) is 1. The van der Waals surface area contributed by atoms with Crippen LogP contribution in [0.1, 0.15) is 6.92 Å². The second kappa shape index (κ2) is 7.99. The minimum atomic E-state index is 0.0653. The van der Waals surface area contributed by atoms with Crippen molar-refractivity contribution in [2.75, 3.05) is 57.9 Å². The number of carbonyl (C=O) groups excluding carboxylic acids is 1. The maximum Gasteiger partial charge on any atom is 0.234 e. The van der Waals surface area contributed by atoms with E-state index >= 15 is 0 Å². The van der Waals surface area contributed by atoms with E-state index in [0.717, 1.165) is 38.7 Å². The standard InChI is InChI=1S/C14H25N5O2/c1-3-18-6-4-16-14(18)19-9-7-17(8-10-19)12-13(20)15-5-11-21-2/h4,6H,3,5,7-12H2,1-2H3,(H,15,20). The van der Waals surface area contributed by atoms with Gasteiger partial charge >= 0.3 is 0 Å². The van der Waals surface area contributed by atoms with E-state index in [2.05, 4.69) is 31.6 Å². The van der Waals surface area contributed by atoms with Gasteiger partial charge in [-0.2, -0.15) is 0 Å². The average Bonchev–Trinajstić information content (AvgIpc) is 2.97. The van der Waals surface area contributed by atoms with Crippen molar-refractivity contribution >= 4 is 11.9 Å². The van der Waals surface area contributed by atoms with E-state index in [-0.39, 0.29) is 5.91 Å². The van der Waals surface area contributed by atoms with Crippen molar-refractivity contribution in [2.24, 2.45) is 0 Å². The summed E-state index contributed by atoms with van der Waals surface area (Å²) in [6.07, 6.45) is 3.85. The average molecular weight is 295 g/mol. The molecule has 1 amide bonds. The molecule has 2 heterocycles. The Morgan fingerprint density at radius 3 is 2.81 bits per heavy atom. The fraction of sp³-hybridized carbons (Fsp3) is 0.714. The van der Waals surface area contributed by atoms with Gasteiger partial charge in [0.25, 0.3) is 0 Å². The molecule has 0 atom stereocenters. The van der Waals surface area contributed by atoms with Crippen molar-refractivity contribution in [1.29, 1.82) is 0 Å². The highest BCUT2D eigenvalue weighted by Gasteiger charge is 2.21. The number of anilines is 1. The summed E-state index contributed by atoms with van der Waals surface area (Å²) in [6, 6.07) is 0. The molecule has 1 aliphatic heterocycles. The lowest BCUT2D eigenvalue weighted by atomic mass is 10.3. The van der Waals surface area contributed by atoms with Gasteiger partial charge in [0.2, 0.25) is 11.9 Å². The van der Waals surface area contributed by atoms with Crippen LogP contribution in [0.5, 0.6) is 0 Å². The molecule has 118 valence electrons. The Hall–Kier alpha value is -1.60. The zero-order valence-corrected chi connectivity index (χ0v) is 12.9. The summed E-state index contributed by atoms with van der Waals surface area (Å²) in [5, 5.41) is 2.85. The van der Waals surface area contributed by atoms with Gasteiger partial charge in [0, 0.05) is 58.8 Å². The van der Waals surface area contributed by atoms with E-state index in [4.69, 9.17) is 4.74 Å². The normalized spacial score (nSPS) is 16.2. The first-order valence-corrected chi connectivity index (χ1v) is 7.48. The van der Waals surface area contributed by atoms with Gasteiger partial charge in [-0.05, 0) is 6.92 Å². The SMILES string of the molecule is CCn1ccnc1N1CCN(CC(=O)NCCOC)CC1. The molecule has 0 spiro atoms. The number of rotatable bonds is 7. The molecule has 1 N–H and O–H groups in total. The number of piperazine rings is 1. The number of methoxy groups -OCH3 is 1. The Morgan fingerprint density at radius 2 is 2.14 bits per heavy atom. The summed E-state index contributed by atoms with van der Waals surface area (Å²) in [5.41, 5.74) is 0. The zero-order valence-electron chi connectivity index (χ0n) is 12.9. The molecule has 7 nitrogen and oxygen atoms in total. The number of nitrogens with one attached hydrogen (secondary N) is 1. The third kappa shape index (κ3) is 4.44. The van der Waals surface area contributed by atoms with E-state index < -0.39 is 0 Å². The van der Waals surface area contributed by atoms with Crippen LogP contribution in [0.25, 0.3) is 0 Å². The Labute approximate surface area is 125 Å². The van der Waals surface area contributed by atoms with Crippen LogP contribution >= 0.6 is 0 Å². The van der Waals surface area contributed by atoms with Crippen LogP contribution in [0.3, 0.4) is 0 Å². The van der Waals surface area contributed by atoms with Crippen molar-refractivity contribution in [3.63, 3.8) is 0 Å². The molecule has 1 aromatic heterocycles. The third-order valence-electron chi connectivity index (χ3n) is 3.68. The summed E-state index contributed by atoms with van der Waals surface area (Å²) in [7, 11) is 1.63. The fourth-order valence-corrected chi connectivity index (χ4v) is 2.49. The number of carbonyl (C=O) groups is 1. The molecule has 0 unspecified atom stereocenters. The molecule has 7 heteroatoms. The number of aromatic nitrogens is 2. The number of ether oxygens (including phenoxy) is 1. The minimum Gasteiger partial charge on any atom is -0.383 e. The zero-order chi connectivity index (χ0) is 15.1. The van der Waals surface area contributed by atoms with Crippen LogP contribution in [0.2, 0.25) is 0 Å². The van der Waals surface area contributed by atoms with Crippen molar-refractivity contribution in [2.45, 2.75) is 13.5 Å². The molecule has 0 aliphatic carbocycles. The first-order valence-electron chi connectivity index (χ1n) is 7.48. The Balaban J connectivity index is 1.74. The summed E-state index contributed by atoms with van der Waals surface area (Å²) in [5.74, 6) is 1.09. The molecule has 0 aromatic carbocycles. The first-order chi connectivity index (χ1) is 10.2. The van der Waals surface area contributed by atoms with Crippen LogP contribution in [-0.4, -0.2) is 73.3 Å². The minimum absolute atomic E-state index is 0.0653. The smallest absolute Gasteiger partial charge is 0.234 e. The Bertz CT molecular complexity index is 440. The van der Waals surface area contributed by atoms with Crippen molar-refractivity contribution < 1.29 is 9.53 Å². The topological polar surface area (TPSA) is 62.6 Å². The van der Waals surface area contributed by atoms with E-state index in [0.29, 0.717) is 19.7 Å². The molecule has 0 saturated carbocycles. The summed E-state index contributed by atoms with van der Waals surface area (Å²) < 4.78 is 7.06. The first kappa shape index (κ1) is 15.8. The van der Waals surface area contributed by atoms with Gasteiger partial charge in [-0.25, -0.2) is 4.98 Å². The molecule has 1 fully saturated rings. The maximum atomic E-state index is 11.8. The van der Waals surface area contributed by atoms with Gasteiger partial charge in [0.15, 0.2) is 0 Å². The Kier molecular flexibility index (Phi) is 6.01. The van der Waals surface area contributed by atoms with Gasteiger partial charge in [-0.15, -0.1) is 0 Å². The van der Waals surface area contributed by atoms with Gasteiger partial charge in [0.05, 0.1) is 13.2 Å². The number of imidazole rings is 1. The van der Waals surface area contributed by atoms with E-state index in [1.165, 1.54) is 0 Å². The molecule has 0 radical (unpaired) electrons. The Morgan fingerprint density at radius 1 is 1.38 bits per heavy atom. The van der Waals surface area contributed by atoms with Crippen LogP contribution in [-0.2, 0) is 16.1 Å².